The first-order chi connectivity index (χ1) is 6.72. The van der Waals surface area contributed by atoms with Crippen LogP contribution in [-0.4, -0.2) is 12.1 Å². The molecule has 1 aromatic rings. The van der Waals surface area contributed by atoms with Crippen molar-refractivity contribution < 1.29 is 9.53 Å². The van der Waals surface area contributed by atoms with E-state index >= 15 is 0 Å². The minimum absolute atomic E-state index is 0.454. The second kappa shape index (κ2) is 4.87. The molecule has 1 amide bonds. The van der Waals surface area contributed by atoms with Crippen LogP contribution in [0.1, 0.15) is 6.92 Å². The van der Waals surface area contributed by atoms with Gasteiger partial charge in [-0.15, -0.1) is 0 Å². The molecule has 72 valence electrons. The van der Waals surface area contributed by atoms with E-state index in [4.69, 9.17) is 10.00 Å². The lowest BCUT2D eigenvalue weighted by atomic mass is 10.3. The molecule has 0 heterocycles. The summed E-state index contributed by atoms with van der Waals surface area (Å²) in [4.78, 5) is 11.1. The van der Waals surface area contributed by atoms with Gasteiger partial charge in [0, 0.05) is 0 Å². The van der Waals surface area contributed by atoms with Crippen LogP contribution in [0.15, 0.2) is 30.3 Å². The van der Waals surface area contributed by atoms with Crippen LogP contribution in [0.4, 0.5) is 4.79 Å². The van der Waals surface area contributed by atoms with E-state index in [-0.39, 0.29) is 0 Å². The summed E-state index contributed by atoms with van der Waals surface area (Å²) in [6.07, 6.45) is -0.620. The Kier molecular flexibility index (Phi) is 3.50. The lowest BCUT2D eigenvalue weighted by Gasteiger charge is -2.06. The van der Waals surface area contributed by atoms with E-state index in [1.807, 2.05) is 12.1 Å². The Bertz CT molecular complexity index is 343. The van der Waals surface area contributed by atoms with Crippen LogP contribution in [0, 0.1) is 11.3 Å². The third-order valence-corrected chi connectivity index (χ3v) is 1.48. The van der Waals surface area contributed by atoms with Crippen LogP contribution in [0.2, 0.25) is 0 Å². The molecule has 0 aliphatic carbocycles. The summed E-state index contributed by atoms with van der Waals surface area (Å²) >= 11 is 0. The SMILES string of the molecule is CC(C#N)NC(=O)Oc1ccccc1. The minimum Gasteiger partial charge on any atom is -0.410 e. The molecule has 1 unspecified atom stereocenters. The summed E-state index contributed by atoms with van der Waals surface area (Å²) in [5.74, 6) is 0.454. The van der Waals surface area contributed by atoms with Crippen LogP contribution >= 0.6 is 0 Å². The van der Waals surface area contributed by atoms with E-state index in [0.29, 0.717) is 5.75 Å². The van der Waals surface area contributed by atoms with E-state index in [0.717, 1.165) is 0 Å². The summed E-state index contributed by atoms with van der Waals surface area (Å²) < 4.78 is 4.89. The van der Waals surface area contributed by atoms with Crippen molar-refractivity contribution in [2.24, 2.45) is 0 Å². The number of nitrogens with one attached hydrogen (secondary N) is 1. The molecule has 4 nitrogen and oxygen atoms in total. The van der Waals surface area contributed by atoms with E-state index in [1.54, 1.807) is 31.2 Å². The number of nitrogens with zero attached hydrogens (tertiary/aromatic N) is 1. The number of ether oxygens (including phenoxy) is 1. The van der Waals surface area contributed by atoms with Crippen molar-refractivity contribution in [2.45, 2.75) is 13.0 Å². The van der Waals surface area contributed by atoms with E-state index < -0.39 is 12.1 Å². The van der Waals surface area contributed by atoms with Crippen molar-refractivity contribution in [2.75, 3.05) is 0 Å². The first-order valence-electron chi connectivity index (χ1n) is 4.15. The highest BCUT2D eigenvalue weighted by atomic mass is 16.6. The highest BCUT2D eigenvalue weighted by molar-refractivity contribution is 5.70. The topological polar surface area (TPSA) is 62.1 Å². The maximum atomic E-state index is 11.1. The van der Waals surface area contributed by atoms with Gasteiger partial charge in [0.25, 0.3) is 0 Å². The first kappa shape index (κ1) is 10.1. The average Bonchev–Trinajstić information content (AvgIpc) is 2.19. The van der Waals surface area contributed by atoms with E-state index in [9.17, 15) is 4.79 Å². The van der Waals surface area contributed by atoms with Crippen LogP contribution in [-0.2, 0) is 0 Å². The average molecular weight is 190 g/mol. The number of hydrogen-bond donors (Lipinski definition) is 1. The molecule has 0 bridgehead atoms. The van der Waals surface area contributed by atoms with Gasteiger partial charge in [0.15, 0.2) is 0 Å². The molecular formula is C10H10N2O2. The molecule has 0 aliphatic rings. The van der Waals surface area contributed by atoms with E-state index in [1.165, 1.54) is 0 Å². The van der Waals surface area contributed by atoms with Gasteiger partial charge in [0.1, 0.15) is 11.8 Å². The fourth-order valence-corrected chi connectivity index (χ4v) is 0.834. The highest BCUT2D eigenvalue weighted by Crippen LogP contribution is 2.07. The molecule has 1 aromatic carbocycles. The first-order valence-corrected chi connectivity index (χ1v) is 4.15. The van der Waals surface area contributed by atoms with Crippen molar-refractivity contribution in [1.29, 1.82) is 5.26 Å². The molecule has 0 saturated heterocycles. The standard InChI is InChI=1S/C10H10N2O2/c1-8(7-11)12-10(13)14-9-5-3-2-4-6-9/h2-6,8H,1H3,(H,12,13). The number of carbonyl (C=O) groups excluding carboxylic acids is 1. The van der Waals surface area contributed by atoms with E-state index in [2.05, 4.69) is 5.32 Å². The Morgan fingerprint density at radius 3 is 2.71 bits per heavy atom. The Morgan fingerprint density at radius 1 is 1.50 bits per heavy atom. The number of amides is 1. The molecule has 1 rings (SSSR count). The summed E-state index contributed by atoms with van der Waals surface area (Å²) in [6, 6.07) is 9.99. The molecule has 1 atom stereocenters. The molecular weight excluding hydrogens is 180 g/mol. The molecule has 0 radical (unpaired) electrons. The second-order valence-corrected chi connectivity index (χ2v) is 2.70. The largest absolute Gasteiger partial charge is 0.413 e. The lowest BCUT2D eigenvalue weighted by Crippen LogP contribution is -2.33. The van der Waals surface area contributed by atoms with Crippen LogP contribution in [0.3, 0.4) is 0 Å². The molecule has 0 fully saturated rings. The zero-order valence-corrected chi connectivity index (χ0v) is 7.73. The lowest BCUT2D eigenvalue weighted by molar-refractivity contribution is 0.199. The van der Waals surface area contributed by atoms with Crippen molar-refractivity contribution in [3.05, 3.63) is 30.3 Å². The van der Waals surface area contributed by atoms with Gasteiger partial charge in [-0.1, -0.05) is 18.2 Å². The molecule has 0 aliphatic heterocycles. The van der Waals surface area contributed by atoms with Gasteiger partial charge in [-0.3, -0.25) is 0 Å². The van der Waals surface area contributed by atoms with Crippen LogP contribution in [0.25, 0.3) is 0 Å². The van der Waals surface area contributed by atoms with Gasteiger partial charge in [0.05, 0.1) is 6.07 Å². The van der Waals surface area contributed by atoms with Crippen LogP contribution in [0.5, 0.6) is 5.75 Å². The Balaban J connectivity index is 2.47. The molecule has 0 saturated carbocycles. The van der Waals surface area contributed by atoms with Gasteiger partial charge in [-0.05, 0) is 19.1 Å². The fraction of sp³-hybridized carbons (Fsp3) is 0.200. The van der Waals surface area contributed by atoms with Gasteiger partial charge in [0.2, 0.25) is 0 Å². The van der Waals surface area contributed by atoms with Crippen LogP contribution < -0.4 is 10.1 Å². The number of para-hydroxylation sites is 1. The van der Waals surface area contributed by atoms with Crippen molar-refractivity contribution in [3.63, 3.8) is 0 Å². The highest BCUT2D eigenvalue weighted by Gasteiger charge is 2.07. The molecule has 14 heavy (non-hydrogen) atoms. The monoisotopic (exact) mass is 190 g/mol. The summed E-state index contributed by atoms with van der Waals surface area (Å²) in [6.45, 7) is 1.58. The molecule has 0 spiro atoms. The number of benzene rings is 1. The number of rotatable bonds is 2. The third-order valence-electron chi connectivity index (χ3n) is 1.48. The summed E-state index contributed by atoms with van der Waals surface area (Å²) in [5.41, 5.74) is 0. The van der Waals surface area contributed by atoms with Crippen molar-refractivity contribution in [1.82, 2.24) is 5.32 Å². The van der Waals surface area contributed by atoms with Gasteiger partial charge in [-0.2, -0.15) is 5.26 Å². The molecule has 4 heteroatoms. The second-order valence-electron chi connectivity index (χ2n) is 2.70. The third kappa shape index (κ3) is 3.15. The van der Waals surface area contributed by atoms with Gasteiger partial charge < -0.3 is 10.1 Å². The minimum atomic E-state index is -0.620. The van der Waals surface area contributed by atoms with Gasteiger partial charge in [-0.25, -0.2) is 4.79 Å². The Morgan fingerprint density at radius 2 is 2.14 bits per heavy atom. The van der Waals surface area contributed by atoms with Crippen molar-refractivity contribution >= 4 is 6.09 Å². The summed E-state index contributed by atoms with van der Waals surface area (Å²) in [5, 5.41) is 10.8. The smallest absolute Gasteiger partial charge is 0.410 e. The Hall–Kier alpha value is -2.02. The maximum absolute atomic E-state index is 11.1. The molecule has 0 aromatic heterocycles. The summed E-state index contributed by atoms with van der Waals surface area (Å²) in [7, 11) is 0. The molecule has 1 N–H and O–H groups in total. The maximum Gasteiger partial charge on any atom is 0.413 e. The zero-order chi connectivity index (χ0) is 10.4. The number of hydrogen-bond acceptors (Lipinski definition) is 3. The Labute approximate surface area is 82.1 Å². The predicted octanol–water partition coefficient (Wildman–Crippen LogP) is 1.69. The zero-order valence-electron chi connectivity index (χ0n) is 7.73. The van der Waals surface area contributed by atoms with Crippen molar-refractivity contribution in [3.8, 4) is 11.8 Å². The normalized spacial score (nSPS) is 11.1. The predicted molar refractivity (Wildman–Crippen MR) is 50.7 cm³/mol. The quantitative estimate of drug-likeness (QED) is 0.771. The number of carbonyl (C=O) groups is 1. The fourth-order valence-electron chi connectivity index (χ4n) is 0.834. The number of nitriles is 1. The van der Waals surface area contributed by atoms with Gasteiger partial charge >= 0.3 is 6.09 Å².